The van der Waals surface area contributed by atoms with Crippen LogP contribution in [0.25, 0.3) is 0 Å². The Kier molecular flexibility index (Phi) is 3.90. The summed E-state index contributed by atoms with van der Waals surface area (Å²) in [6.07, 6.45) is 4.41. The molecule has 0 heterocycles. The number of methoxy groups -OCH3 is 1. The third-order valence-corrected chi connectivity index (χ3v) is 4.37. The van der Waals surface area contributed by atoms with Gasteiger partial charge < -0.3 is 4.74 Å². The van der Waals surface area contributed by atoms with Gasteiger partial charge in [-0.3, -0.25) is 4.79 Å². The van der Waals surface area contributed by atoms with Crippen molar-refractivity contribution in [3.05, 3.63) is 35.4 Å². The molecule has 0 N–H and O–H groups in total. The summed E-state index contributed by atoms with van der Waals surface area (Å²) in [5.74, 6) is 0.100. The summed E-state index contributed by atoms with van der Waals surface area (Å²) < 4.78 is 5.03. The lowest BCUT2D eigenvalue weighted by molar-refractivity contribution is -0.149. The Morgan fingerprint density at radius 1 is 1.42 bits per heavy atom. The Morgan fingerprint density at radius 2 is 2.11 bits per heavy atom. The molecule has 1 aromatic carbocycles. The maximum Gasteiger partial charge on any atom is 0.316 e. The van der Waals surface area contributed by atoms with E-state index in [2.05, 4.69) is 6.07 Å². The molecule has 1 aliphatic rings. The predicted molar refractivity (Wildman–Crippen MR) is 72.5 cm³/mol. The molecule has 0 amide bonds. The maximum atomic E-state index is 12.3. The van der Waals surface area contributed by atoms with E-state index in [9.17, 15) is 4.79 Å². The second-order valence-corrected chi connectivity index (χ2v) is 5.37. The van der Waals surface area contributed by atoms with Gasteiger partial charge in [-0.15, -0.1) is 0 Å². The van der Waals surface area contributed by atoms with Gasteiger partial charge in [0.2, 0.25) is 0 Å². The molecule has 0 aromatic heterocycles. The fourth-order valence-electron chi connectivity index (χ4n) is 3.15. The number of rotatable bonds is 3. The smallest absolute Gasteiger partial charge is 0.316 e. The summed E-state index contributed by atoms with van der Waals surface area (Å²) in [5.41, 5.74) is 0.842. The number of nitrogens with zero attached hydrogens (tertiary/aromatic N) is 1. The van der Waals surface area contributed by atoms with Crippen molar-refractivity contribution in [2.45, 2.75) is 38.0 Å². The maximum absolute atomic E-state index is 12.3. The highest BCUT2D eigenvalue weighted by molar-refractivity contribution is 5.83. The van der Waals surface area contributed by atoms with E-state index >= 15 is 0 Å². The van der Waals surface area contributed by atoms with Gasteiger partial charge in [0, 0.05) is 0 Å². The highest BCUT2D eigenvalue weighted by Gasteiger charge is 2.44. The van der Waals surface area contributed by atoms with Crippen LogP contribution < -0.4 is 0 Å². The van der Waals surface area contributed by atoms with Crippen LogP contribution in [0.1, 0.15) is 43.7 Å². The first-order valence-electron chi connectivity index (χ1n) is 6.72. The monoisotopic (exact) mass is 257 g/mol. The Labute approximate surface area is 114 Å². The molecule has 1 aromatic rings. The van der Waals surface area contributed by atoms with Gasteiger partial charge in [-0.25, -0.2) is 0 Å². The molecule has 100 valence electrons. The minimum Gasteiger partial charge on any atom is -0.468 e. The molecule has 19 heavy (non-hydrogen) atoms. The molecule has 0 bridgehead atoms. The van der Waals surface area contributed by atoms with Crippen LogP contribution in [0.5, 0.6) is 0 Å². The number of nitriles is 1. The Balaban J connectivity index is 2.47. The van der Waals surface area contributed by atoms with Crippen molar-refractivity contribution in [2.24, 2.45) is 5.92 Å². The fourth-order valence-corrected chi connectivity index (χ4v) is 3.15. The number of carbonyl (C=O) groups excluding carboxylic acids is 1. The molecule has 3 nitrogen and oxygen atoms in total. The van der Waals surface area contributed by atoms with E-state index in [-0.39, 0.29) is 5.97 Å². The number of carbonyl (C=O) groups is 1. The van der Waals surface area contributed by atoms with Crippen molar-refractivity contribution < 1.29 is 9.53 Å². The zero-order valence-electron chi connectivity index (χ0n) is 11.5. The molecule has 0 radical (unpaired) electrons. The van der Waals surface area contributed by atoms with Crippen molar-refractivity contribution >= 4 is 5.97 Å². The van der Waals surface area contributed by atoms with Crippen LogP contribution in [0.2, 0.25) is 0 Å². The van der Waals surface area contributed by atoms with Crippen LogP contribution in [0.3, 0.4) is 0 Å². The van der Waals surface area contributed by atoms with Crippen LogP contribution in [-0.2, 0) is 14.9 Å². The quantitative estimate of drug-likeness (QED) is 0.781. The van der Waals surface area contributed by atoms with Gasteiger partial charge in [-0.05, 0) is 43.4 Å². The van der Waals surface area contributed by atoms with Crippen LogP contribution in [0, 0.1) is 17.2 Å². The molecule has 3 heteroatoms. The van der Waals surface area contributed by atoms with E-state index in [1.165, 1.54) is 7.11 Å². The Morgan fingerprint density at radius 3 is 2.68 bits per heavy atom. The molecule has 1 fully saturated rings. The third kappa shape index (κ3) is 2.35. The number of hydrogen-bond donors (Lipinski definition) is 0. The summed E-state index contributed by atoms with van der Waals surface area (Å²) >= 11 is 0. The number of esters is 1. The molecule has 1 unspecified atom stereocenters. The van der Waals surface area contributed by atoms with E-state index in [1.807, 2.05) is 25.1 Å². The second-order valence-electron chi connectivity index (χ2n) is 5.37. The van der Waals surface area contributed by atoms with Crippen molar-refractivity contribution in [3.63, 3.8) is 0 Å². The van der Waals surface area contributed by atoms with Gasteiger partial charge in [0.05, 0.1) is 24.2 Å². The highest BCUT2D eigenvalue weighted by Crippen LogP contribution is 2.43. The van der Waals surface area contributed by atoms with Crippen LogP contribution in [0.4, 0.5) is 0 Å². The normalized spacial score (nSPS) is 18.6. The SMILES string of the molecule is COC(=O)C(C)(c1cccc(C#N)c1)C1CCCC1. The van der Waals surface area contributed by atoms with E-state index < -0.39 is 5.41 Å². The van der Waals surface area contributed by atoms with Gasteiger partial charge in [0.25, 0.3) is 0 Å². The van der Waals surface area contributed by atoms with Crippen LogP contribution >= 0.6 is 0 Å². The summed E-state index contributed by atoms with van der Waals surface area (Å²) in [6.45, 7) is 1.95. The first-order valence-corrected chi connectivity index (χ1v) is 6.72. The molecule has 0 spiro atoms. The second kappa shape index (κ2) is 5.44. The number of ether oxygens (including phenoxy) is 1. The molecule has 0 aliphatic heterocycles. The molecule has 2 rings (SSSR count). The molecule has 1 saturated carbocycles. The van der Waals surface area contributed by atoms with Gasteiger partial charge >= 0.3 is 5.97 Å². The average Bonchev–Trinajstić information content (AvgIpc) is 3.00. The van der Waals surface area contributed by atoms with Crippen molar-refractivity contribution in [3.8, 4) is 6.07 Å². The predicted octanol–water partition coefficient (Wildman–Crippen LogP) is 3.18. The topological polar surface area (TPSA) is 50.1 Å². The first-order chi connectivity index (χ1) is 9.12. The van der Waals surface area contributed by atoms with E-state index in [1.54, 1.807) is 6.07 Å². The van der Waals surface area contributed by atoms with Crippen LogP contribution in [0.15, 0.2) is 24.3 Å². The van der Waals surface area contributed by atoms with E-state index in [4.69, 9.17) is 10.00 Å². The Bertz CT molecular complexity index is 512. The molecular weight excluding hydrogens is 238 g/mol. The molecule has 1 atom stereocenters. The lowest BCUT2D eigenvalue weighted by atomic mass is 9.70. The van der Waals surface area contributed by atoms with Gasteiger partial charge in [-0.1, -0.05) is 25.0 Å². The molecule has 1 aliphatic carbocycles. The molecule has 0 saturated heterocycles. The highest BCUT2D eigenvalue weighted by atomic mass is 16.5. The van der Waals surface area contributed by atoms with Gasteiger partial charge in [-0.2, -0.15) is 5.26 Å². The zero-order chi connectivity index (χ0) is 13.9. The minimum atomic E-state index is -0.641. The summed E-state index contributed by atoms with van der Waals surface area (Å²) in [7, 11) is 1.43. The van der Waals surface area contributed by atoms with Crippen molar-refractivity contribution in [2.75, 3.05) is 7.11 Å². The third-order valence-electron chi connectivity index (χ3n) is 4.37. The van der Waals surface area contributed by atoms with Gasteiger partial charge in [0.15, 0.2) is 0 Å². The number of hydrogen-bond acceptors (Lipinski definition) is 3. The zero-order valence-corrected chi connectivity index (χ0v) is 11.5. The summed E-state index contributed by atoms with van der Waals surface area (Å²) in [4.78, 5) is 12.3. The lowest BCUT2D eigenvalue weighted by Gasteiger charge is -2.33. The fraction of sp³-hybridized carbons (Fsp3) is 0.500. The first kappa shape index (κ1) is 13.6. The Hall–Kier alpha value is -1.82. The largest absolute Gasteiger partial charge is 0.468 e. The number of benzene rings is 1. The summed E-state index contributed by atoms with van der Waals surface area (Å²) in [6, 6.07) is 9.47. The summed E-state index contributed by atoms with van der Waals surface area (Å²) in [5, 5.41) is 9.02. The van der Waals surface area contributed by atoms with Gasteiger partial charge in [0.1, 0.15) is 0 Å². The lowest BCUT2D eigenvalue weighted by Crippen LogP contribution is -2.40. The molecular formula is C16H19NO2. The average molecular weight is 257 g/mol. The van der Waals surface area contributed by atoms with E-state index in [0.29, 0.717) is 11.5 Å². The van der Waals surface area contributed by atoms with E-state index in [0.717, 1.165) is 31.2 Å². The van der Waals surface area contributed by atoms with Crippen molar-refractivity contribution in [1.82, 2.24) is 0 Å². The minimum absolute atomic E-state index is 0.200. The van der Waals surface area contributed by atoms with Crippen molar-refractivity contribution in [1.29, 1.82) is 5.26 Å². The standard InChI is InChI=1S/C16H19NO2/c1-16(15(18)19-2,13-7-3-4-8-13)14-9-5-6-12(10-14)11-17/h5-6,9-10,13H,3-4,7-8H2,1-2H3. The van der Waals surface area contributed by atoms with Crippen LogP contribution in [-0.4, -0.2) is 13.1 Å².